The van der Waals surface area contributed by atoms with E-state index in [1.165, 1.54) is 0 Å². The molecule has 0 aliphatic heterocycles. The minimum Gasteiger partial charge on any atom is -0.377 e. The van der Waals surface area contributed by atoms with E-state index in [2.05, 4.69) is 20.9 Å². The standard InChI is InChI=1S/C14H30N4O2/c1-8-16-11(19)13(2,3)9-17-12(15-6)18-10-14(4,5)20-7/h8-10H2,1-7H3,(H,16,19)(H2,15,17,18). The summed E-state index contributed by atoms with van der Waals surface area (Å²) < 4.78 is 5.34. The summed E-state index contributed by atoms with van der Waals surface area (Å²) in [5.41, 5.74) is -0.767. The number of rotatable bonds is 7. The van der Waals surface area contributed by atoms with E-state index in [1.807, 2.05) is 34.6 Å². The number of carbonyl (C=O) groups is 1. The van der Waals surface area contributed by atoms with Gasteiger partial charge in [-0.15, -0.1) is 0 Å². The highest BCUT2D eigenvalue weighted by atomic mass is 16.5. The first-order valence-electron chi connectivity index (χ1n) is 6.96. The molecule has 0 unspecified atom stereocenters. The van der Waals surface area contributed by atoms with Gasteiger partial charge >= 0.3 is 0 Å². The van der Waals surface area contributed by atoms with Crippen LogP contribution in [0.5, 0.6) is 0 Å². The van der Waals surface area contributed by atoms with Crippen molar-refractivity contribution < 1.29 is 9.53 Å². The number of amides is 1. The lowest BCUT2D eigenvalue weighted by atomic mass is 9.92. The number of hydrogen-bond donors (Lipinski definition) is 3. The van der Waals surface area contributed by atoms with E-state index in [-0.39, 0.29) is 11.5 Å². The Kier molecular flexibility index (Phi) is 7.57. The third kappa shape index (κ3) is 6.75. The van der Waals surface area contributed by atoms with Gasteiger partial charge in [0.15, 0.2) is 5.96 Å². The molecular weight excluding hydrogens is 256 g/mol. The number of carbonyl (C=O) groups excluding carboxylic acids is 1. The van der Waals surface area contributed by atoms with Crippen molar-refractivity contribution in [1.82, 2.24) is 16.0 Å². The molecule has 0 radical (unpaired) electrons. The maximum atomic E-state index is 11.9. The summed E-state index contributed by atoms with van der Waals surface area (Å²) in [6, 6.07) is 0. The van der Waals surface area contributed by atoms with Crippen molar-refractivity contribution in [3.8, 4) is 0 Å². The lowest BCUT2D eigenvalue weighted by molar-refractivity contribution is -0.128. The molecule has 0 aliphatic rings. The predicted molar refractivity (Wildman–Crippen MR) is 82.9 cm³/mol. The van der Waals surface area contributed by atoms with Crippen LogP contribution in [-0.4, -0.2) is 51.3 Å². The molecule has 6 nitrogen and oxygen atoms in total. The van der Waals surface area contributed by atoms with Gasteiger partial charge in [0.05, 0.1) is 11.0 Å². The molecule has 0 spiro atoms. The van der Waals surface area contributed by atoms with Gasteiger partial charge in [0, 0.05) is 33.8 Å². The number of nitrogens with zero attached hydrogens (tertiary/aromatic N) is 1. The second-order valence-corrected chi connectivity index (χ2v) is 5.99. The third-order valence-electron chi connectivity index (χ3n) is 3.11. The SMILES string of the molecule is CCNC(=O)C(C)(C)CNC(=NC)NCC(C)(C)OC. The molecule has 0 atom stereocenters. The Hall–Kier alpha value is -1.30. The van der Waals surface area contributed by atoms with Gasteiger partial charge in [-0.2, -0.15) is 0 Å². The fourth-order valence-corrected chi connectivity index (χ4v) is 1.37. The molecule has 20 heavy (non-hydrogen) atoms. The number of methoxy groups -OCH3 is 1. The normalized spacial score (nSPS) is 13.1. The Labute approximate surface area is 122 Å². The van der Waals surface area contributed by atoms with Gasteiger partial charge in [0.2, 0.25) is 5.91 Å². The largest absolute Gasteiger partial charge is 0.377 e. The number of hydrogen-bond acceptors (Lipinski definition) is 3. The third-order valence-corrected chi connectivity index (χ3v) is 3.11. The van der Waals surface area contributed by atoms with Gasteiger partial charge in [0.25, 0.3) is 0 Å². The molecular formula is C14H30N4O2. The molecule has 1 amide bonds. The Morgan fingerprint density at radius 3 is 2.10 bits per heavy atom. The highest BCUT2D eigenvalue weighted by Gasteiger charge is 2.27. The molecule has 0 rings (SSSR count). The van der Waals surface area contributed by atoms with Crippen molar-refractivity contribution in [1.29, 1.82) is 0 Å². The van der Waals surface area contributed by atoms with Crippen LogP contribution in [0.15, 0.2) is 4.99 Å². The van der Waals surface area contributed by atoms with E-state index < -0.39 is 5.41 Å². The van der Waals surface area contributed by atoms with Gasteiger partial charge < -0.3 is 20.7 Å². The first kappa shape index (κ1) is 18.7. The monoisotopic (exact) mass is 286 g/mol. The second-order valence-electron chi connectivity index (χ2n) is 5.99. The first-order chi connectivity index (χ1) is 9.18. The van der Waals surface area contributed by atoms with Gasteiger partial charge in [-0.3, -0.25) is 9.79 Å². The Morgan fingerprint density at radius 1 is 1.10 bits per heavy atom. The summed E-state index contributed by atoms with van der Waals surface area (Å²) >= 11 is 0. The second kappa shape index (κ2) is 8.09. The van der Waals surface area contributed by atoms with Gasteiger partial charge in [-0.1, -0.05) is 0 Å². The summed E-state index contributed by atoms with van der Waals surface area (Å²) in [7, 11) is 3.38. The first-order valence-corrected chi connectivity index (χ1v) is 6.96. The summed E-state index contributed by atoms with van der Waals surface area (Å²) in [6.45, 7) is 11.5. The molecule has 0 bridgehead atoms. The quantitative estimate of drug-likeness (QED) is 0.477. The molecule has 0 fully saturated rings. The van der Waals surface area contributed by atoms with E-state index in [4.69, 9.17) is 4.74 Å². The Balaban J connectivity index is 4.36. The molecule has 3 N–H and O–H groups in total. The zero-order chi connectivity index (χ0) is 15.8. The van der Waals surface area contributed by atoms with Crippen LogP contribution >= 0.6 is 0 Å². The smallest absolute Gasteiger partial charge is 0.227 e. The Bertz CT molecular complexity index is 338. The van der Waals surface area contributed by atoms with E-state index in [0.29, 0.717) is 25.6 Å². The molecule has 0 aromatic carbocycles. The maximum Gasteiger partial charge on any atom is 0.227 e. The zero-order valence-corrected chi connectivity index (χ0v) is 13.9. The highest BCUT2D eigenvalue weighted by molar-refractivity contribution is 5.84. The average Bonchev–Trinajstić information content (AvgIpc) is 2.39. The number of aliphatic imine (C=N–C) groups is 1. The van der Waals surface area contributed by atoms with Crippen molar-refractivity contribution in [3.63, 3.8) is 0 Å². The highest BCUT2D eigenvalue weighted by Crippen LogP contribution is 2.13. The van der Waals surface area contributed by atoms with E-state index in [0.717, 1.165) is 0 Å². The fourth-order valence-electron chi connectivity index (χ4n) is 1.37. The maximum absolute atomic E-state index is 11.9. The fraction of sp³-hybridized carbons (Fsp3) is 0.857. The van der Waals surface area contributed by atoms with Crippen LogP contribution in [-0.2, 0) is 9.53 Å². The van der Waals surface area contributed by atoms with Crippen LogP contribution in [0.4, 0.5) is 0 Å². The van der Waals surface area contributed by atoms with Crippen molar-refractivity contribution in [2.75, 3.05) is 33.8 Å². The topological polar surface area (TPSA) is 74.8 Å². The van der Waals surface area contributed by atoms with Crippen molar-refractivity contribution >= 4 is 11.9 Å². The van der Waals surface area contributed by atoms with Crippen LogP contribution in [0, 0.1) is 5.41 Å². The molecule has 6 heteroatoms. The van der Waals surface area contributed by atoms with Gasteiger partial charge in [0.1, 0.15) is 0 Å². The summed E-state index contributed by atoms with van der Waals surface area (Å²) in [5.74, 6) is 0.688. The lowest BCUT2D eigenvalue weighted by Crippen LogP contribution is -2.50. The van der Waals surface area contributed by atoms with Crippen LogP contribution in [0.25, 0.3) is 0 Å². The number of nitrogens with one attached hydrogen (secondary N) is 3. The minimum atomic E-state index is -0.496. The van der Waals surface area contributed by atoms with Gasteiger partial charge in [-0.05, 0) is 34.6 Å². The van der Waals surface area contributed by atoms with E-state index in [9.17, 15) is 4.79 Å². The van der Waals surface area contributed by atoms with Crippen LogP contribution in [0.3, 0.4) is 0 Å². The molecule has 0 aliphatic carbocycles. The van der Waals surface area contributed by atoms with E-state index in [1.54, 1.807) is 14.2 Å². The zero-order valence-electron chi connectivity index (χ0n) is 13.9. The van der Waals surface area contributed by atoms with Crippen LogP contribution in [0.2, 0.25) is 0 Å². The molecule has 0 aromatic rings. The van der Waals surface area contributed by atoms with Crippen molar-refractivity contribution in [3.05, 3.63) is 0 Å². The van der Waals surface area contributed by atoms with Crippen molar-refractivity contribution in [2.45, 2.75) is 40.2 Å². The summed E-state index contributed by atoms with van der Waals surface area (Å²) in [6.07, 6.45) is 0. The van der Waals surface area contributed by atoms with Crippen molar-refractivity contribution in [2.24, 2.45) is 10.4 Å². The number of ether oxygens (including phenoxy) is 1. The molecule has 0 heterocycles. The van der Waals surface area contributed by atoms with E-state index >= 15 is 0 Å². The molecule has 118 valence electrons. The predicted octanol–water partition coefficient (Wildman–Crippen LogP) is 0.739. The average molecular weight is 286 g/mol. The van der Waals surface area contributed by atoms with Gasteiger partial charge in [-0.25, -0.2) is 0 Å². The Morgan fingerprint density at radius 2 is 1.65 bits per heavy atom. The summed E-state index contributed by atoms with van der Waals surface area (Å²) in [5, 5.41) is 9.19. The van der Waals surface area contributed by atoms with Crippen LogP contribution < -0.4 is 16.0 Å². The molecule has 0 saturated heterocycles. The lowest BCUT2D eigenvalue weighted by Gasteiger charge is -2.27. The summed E-state index contributed by atoms with van der Waals surface area (Å²) in [4.78, 5) is 16.0. The molecule has 0 aromatic heterocycles. The molecule has 0 saturated carbocycles. The van der Waals surface area contributed by atoms with Crippen LogP contribution in [0.1, 0.15) is 34.6 Å². The number of guanidine groups is 1. The minimum absolute atomic E-state index is 0.0279.